The third kappa shape index (κ3) is 5.51. The predicted octanol–water partition coefficient (Wildman–Crippen LogP) is 5.31. The van der Waals surface area contributed by atoms with Crippen molar-refractivity contribution in [2.45, 2.75) is 76.7 Å². The first-order valence-electron chi connectivity index (χ1n) is 12.5. The van der Waals surface area contributed by atoms with Gasteiger partial charge in [0.25, 0.3) is 0 Å². The number of benzene rings is 1. The van der Waals surface area contributed by atoms with Gasteiger partial charge in [-0.15, -0.1) is 0 Å². The summed E-state index contributed by atoms with van der Waals surface area (Å²) in [5.41, 5.74) is 16.8. The predicted molar refractivity (Wildman–Crippen MR) is 145 cm³/mol. The molecule has 0 saturated carbocycles. The Morgan fingerprint density at radius 2 is 2.05 bits per heavy atom. The van der Waals surface area contributed by atoms with Crippen LogP contribution in [0, 0.1) is 0 Å². The van der Waals surface area contributed by atoms with Crippen LogP contribution >= 0.6 is 0 Å². The van der Waals surface area contributed by atoms with E-state index in [1.165, 1.54) is 6.33 Å². The largest absolute Gasteiger partial charge is 0.456 e. The fraction of sp³-hybridized carbons (Fsp3) is 0.520. The summed E-state index contributed by atoms with van der Waals surface area (Å²) in [4.78, 5) is 28.9. The van der Waals surface area contributed by atoms with E-state index in [-0.39, 0.29) is 17.5 Å². The molecule has 0 amide bonds. The molecule has 2 aromatic heterocycles. The van der Waals surface area contributed by atoms with Gasteiger partial charge in [-0.2, -0.15) is 0 Å². The molecule has 0 radical (unpaired) electrons. The second kappa shape index (κ2) is 10.7. The second-order valence-corrected chi connectivity index (χ2v) is 15.7. The number of rotatable bonds is 8. The summed E-state index contributed by atoms with van der Waals surface area (Å²) in [6.07, 6.45) is 1.72. The quantitative estimate of drug-likeness (QED) is 0.132. The summed E-state index contributed by atoms with van der Waals surface area (Å²) in [5, 5.41) is 3.75. The number of nitrogen functional groups attached to an aromatic ring is 1. The summed E-state index contributed by atoms with van der Waals surface area (Å²) in [5.74, 6) is -0.243. The van der Waals surface area contributed by atoms with E-state index in [4.69, 9.17) is 25.2 Å². The molecule has 4 rings (SSSR count). The molecule has 4 atom stereocenters. The highest BCUT2D eigenvalue weighted by atomic mass is 28.4. The van der Waals surface area contributed by atoms with Crippen LogP contribution in [0.3, 0.4) is 0 Å². The Morgan fingerprint density at radius 1 is 1.32 bits per heavy atom. The topological polar surface area (TPSA) is 163 Å². The SMILES string of the molecule is CC(N=[N+]=[N-])c1ccccc1C(=O)O[C@@H]1C[C@H](n2cnc3c(N)ncnc32)O[C@@H]1CO[Si](C)(C)C(C)(C)C. The Hall–Kier alpha value is -3.51. The average Bonchev–Trinajstić information content (AvgIpc) is 3.47. The van der Waals surface area contributed by atoms with Gasteiger partial charge in [0, 0.05) is 11.3 Å². The molecule has 0 aliphatic carbocycles. The number of hydrogen-bond acceptors (Lipinski definition) is 9. The van der Waals surface area contributed by atoms with E-state index in [0.29, 0.717) is 28.7 Å². The van der Waals surface area contributed by atoms with E-state index < -0.39 is 38.8 Å². The van der Waals surface area contributed by atoms with Crippen molar-refractivity contribution in [1.82, 2.24) is 19.5 Å². The first-order valence-corrected chi connectivity index (χ1v) is 15.4. The number of hydrogen-bond donors (Lipinski definition) is 1. The normalized spacial score (nSPS) is 20.7. The van der Waals surface area contributed by atoms with E-state index in [2.05, 4.69) is 58.8 Å². The zero-order valence-electron chi connectivity index (χ0n) is 22.5. The number of nitrogens with zero attached hydrogens (tertiary/aromatic N) is 7. The zero-order chi connectivity index (χ0) is 27.7. The number of ether oxygens (including phenoxy) is 2. The third-order valence-electron chi connectivity index (χ3n) is 7.41. The summed E-state index contributed by atoms with van der Waals surface area (Å²) in [6.45, 7) is 12.8. The summed E-state index contributed by atoms with van der Waals surface area (Å²) >= 11 is 0. The molecule has 1 aliphatic rings. The van der Waals surface area contributed by atoms with Gasteiger partial charge < -0.3 is 19.6 Å². The number of nitrogens with two attached hydrogens (primary N) is 1. The van der Waals surface area contributed by atoms with Gasteiger partial charge in [-0.05, 0) is 35.3 Å². The molecule has 2 N–H and O–H groups in total. The molecular formula is C25H34N8O4Si. The lowest BCUT2D eigenvalue weighted by molar-refractivity contribution is -0.0476. The molecule has 0 spiro atoms. The van der Waals surface area contributed by atoms with Gasteiger partial charge in [0.15, 0.2) is 19.8 Å². The number of imidazole rings is 1. The zero-order valence-corrected chi connectivity index (χ0v) is 23.5. The number of carbonyl (C=O) groups excluding carboxylic acids is 1. The van der Waals surface area contributed by atoms with Crippen LogP contribution in [0.1, 0.15) is 62.3 Å². The molecule has 1 aromatic carbocycles. The van der Waals surface area contributed by atoms with Gasteiger partial charge in [0.1, 0.15) is 30.3 Å². The lowest BCUT2D eigenvalue weighted by Crippen LogP contribution is -2.44. The minimum atomic E-state index is -2.10. The first-order chi connectivity index (χ1) is 17.9. The second-order valence-electron chi connectivity index (χ2n) is 10.9. The molecule has 202 valence electrons. The number of aromatic nitrogens is 4. The Balaban J connectivity index is 1.61. The van der Waals surface area contributed by atoms with Crippen molar-refractivity contribution in [2.24, 2.45) is 5.11 Å². The van der Waals surface area contributed by atoms with E-state index in [1.807, 2.05) is 0 Å². The van der Waals surface area contributed by atoms with Crippen LogP contribution in [0.15, 0.2) is 42.0 Å². The highest BCUT2D eigenvalue weighted by Gasteiger charge is 2.43. The molecule has 0 bridgehead atoms. The van der Waals surface area contributed by atoms with Gasteiger partial charge in [0.05, 0.1) is 24.5 Å². The highest BCUT2D eigenvalue weighted by Crippen LogP contribution is 2.39. The number of azide groups is 1. The maximum atomic E-state index is 13.4. The van der Waals surface area contributed by atoms with Crippen molar-refractivity contribution in [1.29, 1.82) is 0 Å². The van der Waals surface area contributed by atoms with Gasteiger partial charge in [-0.3, -0.25) is 4.57 Å². The Bertz CT molecular complexity index is 1360. The maximum Gasteiger partial charge on any atom is 0.338 e. The molecule has 13 heteroatoms. The van der Waals surface area contributed by atoms with E-state index in [1.54, 1.807) is 42.1 Å². The molecule has 12 nitrogen and oxygen atoms in total. The number of fused-ring (bicyclic) bond motifs is 1. The summed E-state index contributed by atoms with van der Waals surface area (Å²) in [6, 6.07) is 6.42. The van der Waals surface area contributed by atoms with Crippen molar-refractivity contribution in [3.05, 3.63) is 58.5 Å². The lowest BCUT2D eigenvalue weighted by atomic mass is 10.0. The van der Waals surface area contributed by atoms with E-state index in [0.717, 1.165) is 0 Å². The van der Waals surface area contributed by atoms with Gasteiger partial charge in [-0.25, -0.2) is 19.7 Å². The Morgan fingerprint density at radius 3 is 2.76 bits per heavy atom. The third-order valence-corrected chi connectivity index (χ3v) is 11.9. The lowest BCUT2D eigenvalue weighted by Gasteiger charge is -2.37. The molecule has 1 unspecified atom stereocenters. The van der Waals surface area contributed by atoms with Gasteiger partial charge in [0.2, 0.25) is 0 Å². The fourth-order valence-corrected chi connectivity index (χ4v) is 5.13. The average molecular weight is 539 g/mol. The van der Waals surface area contributed by atoms with Crippen molar-refractivity contribution in [2.75, 3.05) is 12.3 Å². The number of anilines is 1. The molecule has 3 heterocycles. The van der Waals surface area contributed by atoms with Crippen molar-refractivity contribution < 1.29 is 18.7 Å². The van der Waals surface area contributed by atoms with Crippen LogP contribution < -0.4 is 5.73 Å². The maximum absolute atomic E-state index is 13.4. The smallest absolute Gasteiger partial charge is 0.338 e. The number of esters is 1. The van der Waals surface area contributed by atoms with Crippen LogP contribution in [-0.4, -0.2) is 52.6 Å². The van der Waals surface area contributed by atoms with Gasteiger partial charge in [-0.1, -0.05) is 51.0 Å². The molecule has 38 heavy (non-hydrogen) atoms. The Kier molecular flexibility index (Phi) is 7.74. The van der Waals surface area contributed by atoms with Crippen LogP contribution in [-0.2, 0) is 13.9 Å². The Labute approximate surface area is 222 Å². The molecule has 1 fully saturated rings. The van der Waals surface area contributed by atoms with E-state index >= 15 is 0 Å². The first kappa shape index (κ1) is 27.5. The minimum Gasteiger partial charge on any atom is -0.456 e. The van der Waals surface area contributed by atoms with Crippen LogP contribution in [0.4, 0.5) is 5.82 Å². The monoisotopic (exact) mass is 538 g/mol. The van der Waals surface area contributed by atoms with Crippen molar-refractivity contribution in [3.63, 3.8) is 0 Å². The minimum absolute atomic E-state index is 0.00249. The highest BCUT2D eigenvalue weighted by molar-refractivity contribution is 6.74. The standard InChI is InChI=1S/C25H34N8O4Si/c1-15(31-32-27)16-9-7-8-10-17(16)24(34)37-18-11-20(33-14-30-21-22(26)28-13-29-23(21)33)36-19(18)12-35-38(5,6)25(2,3)4/h7-10,13-15,18-20H,11-12H2,1-6H3,(H2,26,28,29)/t15?,18-,19-,20-/m1/s1. The summed E-state index contributed by atoms with van der Waals surface area (Å²) < 4.78 is 20.7. The fourth-order valence-electron chi connectivity index (χ4n) is 4.12. The molecular weight excluding hydrogens is 504 g/mol. The van der Waals surface area contributed by atoms with Crippen LogP contribution in [0.25, 0.3) is 21.6 Å². The van der Waals surface area contributed by atoms with E-state index in [9.17, 15) is 4.79 Å². The molecule has 1 aliphatic heterocycles. The molecule has 3 aromatic rings. The molecule has 1 saturated heterocycles. The van der Waals surface area contributed by atoms with Crippen LogP contribution in [0.2, 0.25) is 18.1 Å². The van der Waals surface area contributed by atoms with Crippen molar-refractivity contribution in [3.8, 4) is 0 Å². The van der Waals surface area contributed by atoms with Gasteiger partial charge >= 0.3 is 5.97 Å². The van der Waals surface area contributed by atoms with Crippen molar-refractivity contribution >= 4 is 31.3 Å². The number of carbonyl (C=O) groups is 1. The van der Waals surface area contributed by atoms with Crippen LogP contribution in [0.5, 0.6) is 0 Å². The summed E-state index contributed by atoms with van der Waals surface area (Å²) in [7, 11) is -2.10.